The summed E-state index contributed by atoms with van der Waals surface area (Å²) in [6.07, 6.45) is 6.13. The number of amides is 1. The summed E-state index contributed by atoms with van der Waals surface area (Å²) in [4.78, 5) is 19.6. The summed E-state index contributed by atoms with van der Waals surface area (Å²) in [6.45, 7) is 3.26. The largest absolute Gasteiger partial charge is 0.368 e. The fraction of sp³-hybridized carbons (Fsp3) is 0.450. The third kappa shape index (κ3) is 3.70. The molecule has 1 amide bonds. The van der Waals surface area contributed by atoms with Gasteiger partial charge in [-0.05, 0) is 55.5 Å². The number of anilines is 1. The SMILES string of the molecule is O=C(c1cc2c(s1)CCCCC2)N1CCN(c2cccc(Cl)c2)CC1. The van der Waals surface area contributed by atoms with Crippen molar-refractivity contribution in [1.82, 2.24) is 4.90 Å². The van der Waals surface area contributed by atoms with Crippen molar-refractivity contribution in [2.45, 2.75) is 32.1 Å². The van der Waals surface area contributed by atoms with Gasteiger partial charge in [-0.2, -0.15) is 0 Å². The van der Waals surface area contributed by atoms with Crippen LogP contribution in [0.1, 0.15) is 39.4 Å². The Balaban J connectivity index is 1.41. The molecule has 0 unspecified atom stereocenters. The van der Waals surface area contributed by atoms with E-state index in [1.807, 2.05) is 23.1 Å². The van der Waals surface area contributed by atoms with Crippen LogP contribution in [0.2, 0.25) is 5.02 Å². The van der Waals surface area contributed by atoms with Crippen LogP contribution in [-0.2, 0) is 12.8 Å². The van der Waals surface area contributed by atoms with E-state index in [-0.39, 0.29) is 5.91 Å². The molecule has 3 nitrogen and oxygen atoms in total. The van der Waals surface area contributed by atoms with Gasteiger partial charge in [0.25, 0.3) is 5.91 Å². The highest BCUT2D eigenvalue weighted by Gasteiger charge is 2.25. The van der Waals surface area contributed by atoms with E-state index in [1.165, 1.54) is 29.7 Å². The van der Waals surface area contributed by atoms with E-state index in [1.54, 1.807) is 11.3 Å². The van der Waals surface area contributed by atoms with Crippen molar-refractivity contribution in [2.75, 3.05) is 31.1 Å². The quantitative estimate of drug-likeness (QED) is 0.715. The molecule has 132 valence electrons. The molecule has 0 radical (unpaired) electrons. The van der Waals surface area contributed by atoms with Gasteiger partial charge in [-0.15, -0.1) is 11.3 Å². The van der Waals surface area contributed by atoms with Crippen LogP contribution in [0.4, 0.5) is 5.69 Å². The maximum Gasteiger partial charge on any atom is 0.264 e. The van der Waals surface area contributed by atoms with Crippen LogP contribution in [0, 0.1) is 0 Å². The average molecular weight is 375 g/mol. The second-order valence-corrected chi connectivity index (χ2v) is 8.45. The Morgan fingerprint density at radius 2 is 1.80 bits per heavy atom. The lowest BCUT2D eigenvalue weighted by Crippen LogP contribution is -2.48. The van der Waals surface area contributed by atoms with Gasteiger partial charge >= 0.3 is 0 Å². The summed E-state index contributed by atoms with van der Waals surface area (Å²) in [6, 6.07) is 10.1. The Labute approximate surface area is 158 Å². The Morgan fingerprint density at radius 1 is 1.00 bits per heavy atom. The Morgan fingerprint density at radius 3 is 2.60 bits per heavy atom. The molecule has 1 aliphatic carbocycles. The van der Waals surface area contributed by atoms with Gasteiger partial charge in [0.05, 0.1) is 4.88 Å². The van der Waals surface area contributed by atoms with Crippen LogP contribution in [0.25, 0.3) is 0 Å². The Bertz CT molecular complexity index is 741. The normalized spacial score (nSPS) is 18.0. The number of hydrogen-bond donors (Lipinski definition) is 0. The lowest BCUT2D eigenvalue weighted by Gasteiger charge is -2.36. The van der Waals surface area contributed by atoms with Crippen molar-refractivity contribution < 1.29 is 4.79 Å². The van der Waals surface area contributed by atoms with E-state index in [0.29, 0.717) is 0 Å². The van der Waals surface area contributed by atoms with Crippen molar-refractivity contribution in [3.8, 4) is 0 Å². The minimum absolute atomic E-state index is 0.212. The molecule has 1 saturated heterocycles. The first-order valence-corrected chi connectivity index (χ1v) is 10.3. The molecule has 0 bridgehead atoms. The molecule has 5 heteroatoms. The summed E-state index contributed by atoms with van der Waals surface area (Å²) in [5, 5.41) is 0.760. The summed E-state index contributed by atoms with van der Waals surface area (Å²) >= 11 is 7.82. The number of fused-ring (bicyclic) bond motifs is 1. The molecule has 25 heavy (non-hydrogen) atoms. The number of carbonyl (C=O) groups excluding carboxylic acids is 1. The van der Waals surface area contributed by atoms with Crippen LogP contribution in [0.5, 0.6) is 0 Å². The number of benzene rings is 1. The molecule has 0 N–H and O–H groups in total. The fourth-order valence-electron chi connectivity index (χ4n) is 3.77. The number of hydrogen-bond acceptors (Lipinski definition) is 3. The zero-order chi connectivity index (χ0) is 17.2. The lowest BCUT2D eigenvalue weighted by atomic mass is 10.1. The number of carbonyl (C=O) groups is 1. The number of thiophene rings is 1. The fourth-order valence-corrected chi connectivity index (χ4v) is 5.18. The molecular formula is C20H23ClN2OS. The van der Waals surface area contributed by atoms with E-state index >= 15 is 0 Å². The van der Waals surface area contributed by atoms with Crippen molar-refractivity contribution >= 4 is 34.5 Å². The number of nitrogens with zero attached hydrogens (tertiary/aromatic N) is 2. The van der Waals surface area contributed by atoms with Gasteiger partial charge in [-0.25, -0.2) is 0 Å². The summed E-state index contributed by atoms with van der Waals surface area (Å²) in [5.41, 5.74) is 2.56. The van der Waals surface area contributed by atoms with Gasteiger partial charge in [0.15, 0.2) is 0 Å². The van der Waals surface area contributed by atoms with E-state index in [0.717, 1.165) is 54.6 Å². The summed E-state index contributed by atoms with van der Waals surface area (Å²) in [5.74, 6) is 0.212. The third-order valence-electron chi connectivity index (χ3n) is 5.20. The molecule has 1 fully saturated rings. The predicted molar refractivity (Wildman–Crippen MR) is 105 cm³/mol. The van der Waals surface area contributed by atoms with Gasteiger partial charge in [-0.1, -0.05) is 24.1 Å². The molecule has 1 aromatic carbocycles. The molecule has 0 saturated carbocycles. The minimum atomic E-state index is 0.212. The topological polar surface area (TPSA) is 23.6 Å². The van der Waals surface area contributed by atoms with Crippen LogP contribution < -0.4 is 4.90 Å². The average Bonchev–Trinajstić information content (AvgIpc) is 2.92. The first-order chi connectivity index (χ1) is 12.2. The number of piperazine rings is 1. The van der Waals surface area contributed by atoms with Gasteiger partial charge in [0.1, 0.15) is 0 Å². The second kappa shape index (κ2) is 7.38. The van der Waals surface area contributed by atoms with Gasteiger partial charge in [0, 0.05) is 41.8 Å². The first kappa shape index (κ1) is 16.9. The maximum atomic E-state index is 12.9. The van der Waals surface area contributed by atoms with E-state index < -0.39 is 0 Å². The summed E-state index contributed by atoms with van der Waals surface area (Å²) in [7, 11) is 0. The van der Waals surface area contributed by atoms with Crippen LogP contribution in [-0.4, -0.2) is 37.0 Å². The highest BCUT2D eigenvalue weighted by Crippen LogP contribution is 2.30. The number of halogens is 1. The molecule has 1 aliphatic heterocycles. The zero-order valence-electron chi connectivity index (χ0n) is 14.3. The maximum absolute atomic E-state index is 12.9. The highest BCUT2D eigenvalue weighted by atomic mass is 35.5. The molecule has 0 atom stereocenters. The zero-order valence-corrected chi connectivity index (χ0v) is 15.9. The highest BCUT2D eigenvalue weighted by molar-refractivity contribution is 7.14. The summed E-state index contributed by atoms with van der Waals surface area (Å²) < 4.78 is 0. The Hall–Kier alpha value is -1.52. The molecule has 0 spiro atoms. The van der Waals surface area contributed by atoms with Gasteiger partial charge < -0.3 is 9.80 Å². The van der Waals surface area contributed by atoms with Crippen LogP contribution >= 0.6 is 22.9 Å². The van der Waals surface area contributed by atoms with Gasteiger partial charge in [0.2, 0.25) is 0 Å². The predicted octanol–water partition coefficient (Wildman–Crippen LogP) is 4.63. The standard InChI is InChI=1S/C20H23ClN2OS/c21-16-6-4-7-17(14-16)22-9-11-23(12-10-22)20(24)19-13-15-5-2-1-3-8-18(15)25-19/h4,6-7,13-14H,1-3,5,8-12H2. The van der Waals surface area contributed by atoms with E-state index in [2.05, 4.69) is 17.0 Å². The molecule has 2 aromatic rings. The number of aryl methyl sites for hydroxylation is 2. The first-order valence-electron chi connectivity index (χ1n) is 9.12. The van der Waals surface area contributed by atoms with E-state index in [9.17, 15) is 4.79 Å². The van der Waals surface area contributed by atoms with Crippen LogP contribution in [0.15, 0.2) is 30.3 Å². The van der Waals surface area contributed by atoms with Crippen molar-refractivity contribution in [3.63, 3.8) is 0 Å². The van der Waals surface area contributed by atoms with Gasteiger partial charge in [-0.3, -0.25) is 4.79 Å². The molecular weight excluding hydrogens is 352 g/mol. The van der Waals surface area contributed by atoms with E-state index in [4.69, 9.17) is 11.6 Å². The monoisotopic (exact) mass is 374 g/mol. The Kier molecular flexibility index (Phi) is 5.00. The minimum Gasteiger partial charge on any atom is -0.368 e. The van der Waals surface area contributed by atoms with Crippen molar-refractivity contribution in [1.29, 1.82) is 0 Å². The molecule has 2 aliphatic rings. The molecule has 2 heterocycles. The lowest BCUT2D eigenvalue weighted by molar-refractivity contribution is 0.0751. The van der Waals surface area contributed by atoms with Crippen molar-refractivity contribution in [2.24, 2.45) is 0 Å². The number of rotatable bonds is 2. The third-order valence-corrected chi connectivity index (χ3v) is 6.66. The molecule has 4 rings (SSSR count). The molecule has 1 aromatic heterocycles. The smallest absolute Gasteiger partial charge is 0.264 e. The van der Waals surface area contributed by atoms with Crippen LogP contribution in [0.3, 0.4) is 0 Å². The van der Waals surface area contributed by atoms with Crippen molar-refractivity contribution in [3.05, 3.63) is 50.7 Å². The second-order valence-electron chi connectivity index (χ2n) is 6.88.